The molecule has 1 aliphatic heterocycles. The Hall–Kier alpha value is -0.910. The maximum Gasteiger partial charge on any atom is 0.387 e. The minimum atomic E-state index is -2.76. The molecule has 0 radical (unpaired) electrons. The third-order valence-corrected chi connectivity index (χ3v) is 3.73. The number of nitrogens with zero attached hydrogens (tertiary/aromatic N) is 1. The van der Waals surface area contributed by atoms with Crippen LogP contribution in [0.2, 0.25) is 0 Å². The molecule has 1 saturated heterocycles. The molecule has 1 aromatic carbocycles. The Kier molecular flexibility index (Phi) is 7.93. The van der Waals surface area contributed by atoms with E-state index in [4.69, 9.17) is 5.73 Å². The van der Waals surface area contributed by atoms with Crippen LogP contribution >= 0.6 is 12.4 Å². The van der Waals surface area contributed by atoms with E-state index < -0.39 is 6.61 Å². The lowest BCUT2D eigenvalue weighted by molar-refractivity contribution is -0.0498. The van der Waals surface area contributed by atoms with Crippen molar-refractivity contribution in [2.75, 3.05) is 19.6 Å². The molecule has 0 saturated carbocycles. The van der Waals surface area contributed by atoms with Crippen LogP contribution in [0.15, 0.2) is 24.3 Å². The first-order valence-electron chi connectivity index (χ1n) is 7.13. The van der Waals surface area contributed by atoms with Crippen LogP contribution in [-0.2, 0) is 6.54 Å². The van der Waals surface area contributed by atoms with Crippen molar-refractivity contribution in [1.82, 2.24) is 4.90 Å². The third-order valence-electron chi connectivity index (χ3n) is 3.73. The largest absolute Gasteiger partial charge is 0.435 e. The van der Waals surface area contributed by atoms with Gasteiger partial charge >= 0.3 is 6.61 Å². The predicted molar refractivity (Wildman–Crippen MR) is 82.0 cm³/mol. The lowest BCUT2D eigenvalue weighted by Crippen LogP contribution is -2.35. The third kappa shape index (κ3) is 6.16. The number of rotatable bonds is 6. The highest BCUT2D eigenvalue weighted by atomic mass is 35.5. The number of benzene rings is 1. The van der Waals surface area contributed by atoms with Crippen LogP contribution in [-0.4, -0.2) is 31.1 Å². The summed E-state index contributed by atoms with van der Waals surface area (Å²) in [6, 6.07) is 6.90. The summed E-state index contributed by atoms with van der Waals surface area (Å²) in [7, 11) is 0. The van der Waals surface area contributed by atoms with Gasteiger partial charge in [-0.1, -0.05) is 12.1 Å². The normalized spacial score (nSPS) is 19.3. The highest BCUT2D eigenvalue weighted by Gasteiger charge is 2.19. The first kappa shape index (κ1) is 18.1. The fourth-order valence-electron chi connectivity index (χ4n) is 2.80. The van der Waals surface area contributed by atoms with E-state index in [2.05, 4.69) is 9.64 Å². The first-order chi connectivity index (χ1) is 9.67. The van der Waals surface area contributed by atoms with Gasteiger partial charge in [-0.3, -0.25) is 4.90 Å². The van der Waals surface area contributed by atoms with Crippen molar-refractivity contribution in [3.05, 3.63) is 29.8 Å². The number of nitrogens with two attached hydrogens (primary N) is 1. The highest BCUT2D eigenvalue weighted by molar-refractivity contribution is 5.85. The Morgan fingerprint density at radius 3 is 2.62 bits per heavy atom. The Bertz CT molecular complexity index is 401. The summed E-state index contributed by atoms with van der Waals surface area (Å²) in [5, 5.41) is 0. The molecule has 1 fully saturated rings. The van der Waals surface area contributed by atoms with Gasteiger partial charge < -0.3 is 10.5 Å². The average molecular weight is 321 g/mol. The number of hydrogen-bond donors (Lipinski definition) is 1. The van der Waals surface area contributed by atoms with E-state index in [1.165, 1.54) is 12.8 Å². The maximum atomic E-state index is 12.1. The zero-order valence-electron chi connectivity index (χ0n) is 12.0. The lowest BCUT2D eigenvalue weighted by Gasteiger charge is -2.32. The van der Waals surface area contributed by atoms with Gasteiger partial charge in [0.05, 0.1) is 0 Å². The second-order valence-corrected chi connectivity index (χ2v) is 5.34. The Balaban J connectivity index is 0.00000220. The highest BCUT2D eigenvalue weighted by Crippen LogP contribution is 2.22. The van der Waals surface area contributed by atoms with Gasteiger partial charge in [0.1, 0.15) is 5.75 Å². The van der Waals surface area contributed by atoms with E-state index >= 15 is 0 Å². The van der Waals surface area contributed by atoms with Crippen molar-refractivity contribution in [1.29, 1.82) is 0 Å². The molecular formula is C15H23ClF2N2O. The molecule has 3 nitrogen and oxygen atoms in total. The van der Waals surface area contributed by atoms with Crippen LogP contribution in [0.5, 0.6) is 5.75 Å². The molecule has 1 aliphatic rings. The molecule has 21 heavy (non-hydrogen) atoms. The summed E-state index contributed by atoms with van der Waals surface area (Å²) in [6.07, 6.45) is 3.55. The maximum absolute atomic E-state index is 12.1. The summed E-state index contributed by atoms with van der Waals surface area (Å²) < 4.78 is 28.5. The van der Waals surface area contributed by atoms with Gasteiger partial charge in [-0.05, 0) is 56.0 Å². The summed E-state index contributed by atoms with van der Waals surface area (Å²) in [4.78, 5) is 2.41. The second-order valence-electron chi connectivity index (χ2n) is 5.34. The molecule has 1 unspecified atom stereocenters. The minimum Gasteiger partial charge on any atom is -0.435 e. The van der Waals surface area contributed by atoms with Crippen LogP contribution in [0.25, 0.3) is 0 Å². The standard InChI is InChI=1S/C15H22F2N2O.ClH/c16-15(17)20-14-5-3-13(4-6-14)11-19-9-1-2-12(10-19)7-8-18;/h3-6,12,15H,1-2,7-11,18H2;1H. The Morgan fingerprint density at radius 1 is 1.29 bits per heavy atom. The van der Waals surface area contributed by atoms with Gasteiger partial charge in [0.15, 0.2) is 0 Å². The van der Waals surface area contributed by atoms with Crippen molar-refractivity contribution < 1.29 is 13.5 Å². The van der Waals surface area contributed by atoms with Gasteiger partial charge in [-0.25, -0.2) is 0 Å². The molecule has 2 rings (SSSR count). The molecule has 1 aromatic rings. The molecular weight excluding hydrogens is 298 g/mol. The van der Waals surface area contributed by atoms with Crippen molar-refractivity contribution in [3.63, 3.8) is 0 Å². The van der Waals surface area contributed by atoms with E-state index in [0.29, 0.717) is 5.92 Å². The van der Waals surface area contributed by atoms with E-state index in [1.807, 2.05) is 12.1 Å². The Labute approximate surface area is 130 Å². The predicted octanol–water partition coefficient (Wildman–Crippen LogP) is 3.27. The Morgan fingerprint density at radius 2 is 2.00 bits per heavy atom. The molecule has 0 amide bonds. The molecule has 0 aromatic heterocycles. The molecule has 0 bridgehead atoms. The van der Waals surface area contributed by atoms with Crippen molar-refractivity contribution >= 4 is 12.4 Å². The molecule has 1 atom stereocenters. The molecule has 6 heteroatoms. The zero-order chi connectivity index (χ0) is 14.4. The van der Waals surface area contributed by atoms with Gasteiger partial charge in [0, 0.05) is 13.1 Å². The summed E-state index contributed by atoms with van der Waals surface area (Å²) >= 11 is 0. The summed E-state index contributed by atoms with van der Waals surface area (Å²) in [6.45, 7) is 1.01. The van der Waals surface area contributed by atoms with Crippen LogP contribution in [0.3, 0.4) is 0 Å². The summed E-state index contributed by atoms with van der Waals surface area (Å²) in [5.41, 5.74) is 6.75. The topological polar surface area (TPSA) is 38.5 Å². The van der Waals surface area contributed by atoms with Crippen LogP contribution < -0.4 is 10.5 Å². The van der Waals surface area contributed by atoms with Crippen molar-refractivity contribution in [2.45, 2.75) is 32.4 Å². The lowest BCUT2D eigenvalue weighted by atomic mass is 9.94. The number of halogens is 3. The fourth-order valence-corrected chi connectivity index (χ4v) is 2.80. The monoisotopic (exact) mass is 320 g/mol. The van der Waals surface area contributed by atoms with E-state index in [9.17, 15) is 8.78 Å². The molecule has 1 heterocycles. The first-order valence-corrected chi connectivity index (χ1v) is 7.13. The fraction of sp³-hybridized carbons (Fsp3) is 0.600. The van der Waals surface area contributed by atoms with Crippen LogP contribution in [0, 0.1) is 5.92 Å². The number of likely N-dealkylation sites (tertiary alicyclic amines) is 1. The molecule has 120 valence electrons. The molecule has 2 N–H and O–H groups in total. The van der Waals surface area contributed by atoms with Gasteiger partial charge in [0.2, 0.25) is 0 Å². The number of ether oxygens (including phenoxy) is 1. The van der Waals surface area contributed by atoms with Crippen molar-refractivity contribution in [2.24, 2.45) is 11.7 Å². The zero-order valence-corrected chi connectivity index (χ0v) is 12.8. The van der Waals surface area contributed by atoms with Gasteiger partial charge in [0.25, 0.3) is 0 Å². The van der Waals surface area contributed by atoms with Gasteiger partial charge in [-0.2, -0.15) is 8.78 Å². The SMILES string of the molecule is Cl.NCCC1CCCN(Cc2ccc(OC(F)F)cc2)C1. The van der Waals surface area contributed by atoms with Crippen LogP contribution in [0.4, 0.5) is 8.78 Å². The summed E-state index contributed by atoms with van der Waals surface area (Å²) in [5.74, 6) is 0.901. The second kappa shape index (κ2) is 9.18. The van der Waals surface area contributed by atoms with E-state index in [1.54, 1.807) is 12.1 Å². The van der Waals surface area contributed by atoms with E-state index in [-0.39, 0.29) is 18.2 Å². The van der Waals surface area contributed by atoms with Crippen LogP contribution in [0.1, 0.15) is 24.8 Å². The number of alkyl halides is 2. The van der Waals surface area contributed by atoms with E-state index in [0.717, 1.165) is 38.2 Å². The number of piperidine rings is 1. The molecule has 0 spiro atoms. The minimum absolute atomic E-state index is 0. The molecule has 0 aliphatic carbocycles. The average Bonchev–Trinajstić information content (AvgIpc) is 2.41. The van der Waals surface area contributed by atoms with Gasteiger partial charge in [-0.15, -0.1) is 12.4 Å². The quantitative estimate of drug-likeness (QED) is 0.874. The smallest absolute Gasteiger partial charge is 0.387 e. The van der Waals surface area contributed by atoms with Crippen molar-refractivity contribution in [3.8, 4) is 5.75 Å². The number of hydrogen-bond acceptors (Lipinski definition) is 3.